The van der Waals surface area contributed by atoms with Crippen molar-refractivity contribution >= 4 is 0 Å². The molecule has 6 nitrogen and oxygen atoms in total. The minimum atomic E-state index is -1.17. The summed E-state index contributed by atoms with van der Waals surface area (Å²) >= 11 is 0. The third-order valence-corrected chi connectivity index (χ3v) is 2.33. The summed E-state index contributed by atoms with van der Waals surface area (Å²) in [6.07, 6.45) is -4.68. The Morgan fingerprint density at radius 1 is 1.14 bits per heavy atom. The normalized spacial score (nSPS) is 43.9. The van der Waals surface area contributed by atoms with Gasteiger partial charge in [-0.3, -0.25) is 0 Å². The lowest BCUT2D eigenvalue weighted by atomic mass is 9.99. The Labute approximate surface area is 82.0 Å². The molecule has 0 aromatic heterocycles. The molecule has 1 aliphatic heterocycles. The van der Waals surface area contributed by atoms with Crippen molar-refractivity contribution in [2.24, 2.45) is 0 Å². The van der Waals surface area contributed by atoms with Gasteiger partial charge in [0.1, 0.15) is 24.4 Å². The lowest BCUT2D eigenvalue weighted by molar-refractivity contribution is -0.299. The van der Waals surface area contributed by atoms with E-state index in [4.69, 9.17) is 19.3 Å². The molecule has 0 aromatic carbocycles. The smallest absolute Gasteiger partial charge is 0.186 e. The maximum Gasteiger partial charge on any atom is 0.186 e. The zero-order valence-corrected chi connectivity index (χ0v) is 8.16. The molecule has 3 N–H and O–H groups in total. The molecule has 0 spiro atoms. The summed E-state index contributed by atoms with van der Waals surface area (Å²) in [7, 11) is 2.78. The van der Waals surface area contributed by atoms with E-state index in [0.717, 1.165) is 0 Å². The summed E-state index contributed by atoms with van der Waals surface area (Å²) in [5.74, 6) is 0. The predicted molar refractivity (Wildman–Crippen MR) is 45.6 cm³/mol. The van der Waals surface area contributed by atoms with Crippen molar-refractivity contribution in [2.75, 3.05) is 20.8 Å². The highest BCUT2D eigenvalue weighted by Crippen LogP contribution is 2.23. The molecule has 1 heterocycles. The van der Waals surface area contributed by atoms with Crippen molar-refractivity contribution in [2.45, 2.75) is 30.7 Å². The molecule has 1 aliphatic rings. The molecule has 5 atom stereocenters. The highest BCUT2D eigenvalue weighted by molar-refractivity contribution is 4.89. The van der Waals surface area contributed by atoms with Crippen LogP contribution in [-0.2, 0) is 14.2 Å². The molecule has 0 aromatic rings. The van der Waals surface area contributed by atoms with Crippen LogP contribution in [0.1, 0.15) is 0 Å². The van der Waals surface area contributed by atoms with Crippen LogP contribution in [0.4, 0.5) is 0 Å². The maximum absolute atomic E-state index is 9.59. The van der Waals surface area contributed by atoms with Gasteiger partial charge in [-0.15, -0.1) is 0 Å². The summed E-state index contributed by atoms with van der Waals surface area (Å²) in [4.78, 5) is 0. The van der Waals surface area contributed by atoms with Gasteiger partial charge in [-0.2, -0.15) is 0 Å². The largest absolute Gasteiger partial charge is 0.394 e. The highest BCUT2D eigenvalue weighted by Gasteiger charge is 2.44. The van der Waals surface area contributed by atoms with E-state index in [1.165, 1.54) is 14.2 Å². The standard InChI is InChI=1S/C8H16O6/c1-12-7-6(11)5(10)4(3-9)14-8(7)13-2/h4-11H,3H2,1-2H3/t4-,5-,6+,7-,8+/m1/s1. The van der Waals surface area contributed by atoms with E-state index < -0.39 is 30.7 Å². The van der Waals surface area contributed by atoms with E-state index in [0.29, 0.717) is 0 Å². The lowest BCUT2D eigenvalue weighted by Gasteiger charge is -2.40. The van der Waals surface area contributed by atoms with Crippen LogP contribution in [0.3, 0.4) is 0 Å². The van der Waals surface area contributed by atoms with Crippen LogP contribution in [0.15, 0.2) is 0 Å². The number of methoxy groups -OCH3 is 2. The molecule has 0 bridgehead atoms. The number of hydrogen-bond donors (Lipinski definition) is 3. The van der Waals surface area contributed by atoms with Crippen molar-refractivity contribution in [1.29, 1.82) is 0 Å². The van der Waals surface area contributed by atoms with Crippen LogP contribution in [-0.4, -0.2) is 66.9 Å². The van der Waals surface area contributed by atoms with Crippen molar-refractivity contribution in [3.63, 3.8) is 0 Å². The first kappa shape index (κ1) is 11.8. The Hall–Kier alpha value is -0.240. The minimum absolute atomic E-state index is 0.380. The van der Waals surface area contributed by atoms with Crippen LogP contribution in [0.2, 0.25) is 0 Å². The molecular formula is C8H16O6. The first-order chi connectivity index (χ1) is 6.65. The SMILES string of the molecule is CO[C@H]1O[C@H](CO)[C@@H](O)[C@H](O)[C@H]1OC. The van der Waals surface area contributed by atoms with Crippen LogP contribution >= 0.6 is 0 Å². The second-order valence-corrected chi connectivity index (χ2v) is 3.14. The average molecular weight is 208 g/mol. The number of aliphatic hydroxyl groups excluding tert-OH is 3. The van der Waals surface area contributed by atoms with E-state index >= 15 is 0 Å². The Bertz CT molecular complexity index is 173. The van der Waals surface area contributed by atoms with Gasteiger partial charge in [0.15, 0.2) is 6.29 Å². The van der Waals surface area contributed by atoms with Gasteiger partial charge in [0.05, 0.1) is 6.61 Å². The van der Waals surface area contributed by atoms with Gasteiger partial charge in [0.2, 0.25) is 0 Å². The fourth-order valence-electron chi connectivity index (χ4n) is 1.50. The Morgan fingerprint density at radius 3 is 2.21 bits per heavy atom. The number of hydrogen-bond acceptors (Lipinski definition) is 6. The van der Waals surface area contributed by atoms with Crippen LogP contribution in [0, 0.1) is 0 Å². The van der Waals surface area contributed by atoms with Gasteiger partial charge in [0, 0.05) is 14.2 Å². The van der Waals surface area contributed by atoms with Gasteiger partial charge in [-0.1, -0.05) is 0 Å². The van der Waals surface area contributed by atoms with Gasteiger partial charge >= 0.3 is 0 Å². The summed E-state index contributed by atoms with van der Waals surface area (Å²) in [5.41, 5.74) is 0. The number of rotatable bonds is 3. The zero-order chi connectivity index (χ0) is 10.7. The summed E-state index contributed by atoms with van der Waals surface area (Å²) < 4.78 is 15.0. The van der Waals surface area contributed by atoms with E-state index in [1.54, 1.807) is 0 Å². The topological polar surface area (TPSA) is 88.4 Å². The third-order valence-electron chi connectivity index (χ3n) is 2.33. The Morgan fingerprint density at radius 2 is 1.79 bits per heavy atom. The molecule has 0 unspecified atom stereocenters. The molecule has 0 saturated carbocycles. The summed E-state index contributed by atoms with van der Waals surface area (Å²) in [6.45, 7) is -0.380. The molecule has 14 heavy (non-hydrogen) atoms. The van der Waals surface area contributed by atoms with Crippen LogP contribution < -0.4 is 0 Å². The van der Waals surface area contributed by atoms with E-state index in [9.17, 15) is 10.2 Å². The van der Waals surface area contributed by atoms with Crippen LogP contribution in [0.25, 0.3) is 0 Å². The fraction of sp³-hybridized carbons (Fsp3) is 1.00. The van der Waals surface area contributed by atoms with Crippen molar-refractivity contribution < 1.29 is 29.5 Å². The zero-order valence-electron chi connectivity index (χ0n) is 8.16. The quantitative estimate of drug-likeness (QED) is 0.501. The van der Waals surface area contributed by atoms with E-state index in [1.807, 2.05) is 0 Å². The third kappa shape index (κ3) is 2.05. The van der Waals surface area contributed by atoms with Crippen molar-refractivity contribution in [3.8, 4) is 0 Å². The first-order valence-corrected chi connectivity index (χ1v) is 4.33. The fourth-order valence-corrected chi connectivity index (χ4v) is 1.50. The van der Waals surface area contributed by atoms with Gasteiger partial charge in [-0.25, -0.2) is 0 Å². The predicted octanol–water partition coefficient (Wildman–Crippen LogP) is -1.91. The molecule has 84 valence electrons. The Balaban J connectivity index is 2.71. The molecule has 1 fully saturated rings. The molecule has 0 radical (unpaired) electrons. The number of ether oxygens (including phenoxy) is 3. The second kappa shape index (κ2) is 5.01. The second-order valence-electron chi connectivity index (χ2n) is 3.14. The van der Waals surface area contributed by atoms with Gasteiger partial charge < -0.3 is 29.5 Å². The molecule has 6 heteroatoms. The minimum Gasteiger partial charge on any atom is -0.394 e. The van der Waals surface area contributed by atoms with Gasteiger partial charge in [0.25, 0.3) is 0 Å². The maximum atomic E-state index is 9.59. The summed E-state index contributed by atoms with van der Waals surface area (Å²) in [6, 6.07) is 0. The highest BCUT2D eigenvalue weighted by atomic mass is 16.7. The van der Waals surface area contributed by atoms with E-state index in [2.05, 4.69) is 0 Å². The van der Waals surface area contributed by atoms with Gasteiger partial charge in [-0.05, 0) is 0 Å². The molecule has 1 rings (SSSR count). The lowest BCUT2D eigenvalue weighted by Crippen LogP contribution is -2.59. The molecule has 0 aliphatic carbocycles. The van der Waals surface area contributed by atoms with Crippen LogP contribution in [0.5, 0.6) is 0 Å². The average Bonchev–Trinajstić information content (AvgIpc) is 2.21. The molecule has 1 saturated heterocycles. The van der Waals surface area contributed by atoms with Crippen molar-refractivity contribution in [3.05, 3.63) is 0 Å². The Kier molecular flexibility index (Phi) is 4.24. The molecule has 0 amide bonds. The van der Waals surface area contributed by atoms with Crippen molar-refractivity contribution in [1.82, 2.24) is 0 Å². The number of aliphatic hydroxyl groups is 3. The summed E-state index contributed by atoms with van der Waals surface area (Å²) in [5, 5.41) is 27.9. The molecular weight excluding hydrogens is 192 g/mol. The monoisotopic (exact) mass is 208 g/mol. The first-order valence-electron chi connectivity index (χ1n) is 4.33. The van der Waals surface area contributed by atoms with E-state index in [-0.39, 0.29) is 6.61 Å².